The number of phosphoric acid groups is 2. The third-order valence-electron chi connectivity index (χ3n) is 11.5. The lowest BCUT2D eigenvalue weighted by Crippen LogP contribution is -2.19. The van der Waals surface area contributed by atoms with Crippen LogP contribution in [0.4, 0.5) is 0 Å². The first kappa shape index (κ1) is 46.9. The van der Waals surface area contributed by atoms with Crippen LogP contribution in [0.25, 0.3) is 0 Å². The molecule has 1 N–H and O–H groups in total. The maximum atomic E-state index is 15.2. The monoisotopic (exact) mass is 874 g/mol. The average molecular weight is 875 g/mol. The van der Waals surface area contributed by atoms with Crippen LogP contribution < -0.4 is 13.6 Å². The zero-order valence-electron chi connectivity index (χ0n) is 39.2. The fraction of sp³-hybridized carbons (Fsp3) is 0.520. The minimum atomic E-state index is -4.35. The normalized spacial score (nSPS) is 17.1. The summed E-state index contributed by atoms with van der Waals surface area (Å²) >= 11 is 0. The van der Waals surface area contributed by atoms with Crippen LogP contribution in [-0.4, -0.2) is 24.9 Å². The topological polar surface area (TPSA) is 110 Å². The zero-order valence-corrected chi connectivity index (χ0v) is 41.0. The number of hydrogen-bond acceptors (Lipinski definition) is 9. The molecule has 4 aromatic rings. The average Bonchev–Trinajstić information content (AvgIpc) is 3.10. The molecule has 3 aliphatic rings. The van der Waals surface area contributed by atoms with Gasteiger partial charge in [-0.25, -0.2) is 9.13 Å². The van der Waals surface area contributed by atoms with Gasteiger partial charge in [0.1, 0.15) is 23.0 Å². The summed E-state index contributed by atoms with van der Waals surface area (Å²) in [5.74, 6) is 1.30. The molecule has 1 atom stereocenters. The van der Waals surface area contributed by atoms with Crippen molar-refractivity contribution in [2.75, 3.05) is 19.8 Å². The third kappa shape index (κ3) is 10.3. The Hall–Kier alpha value is -3.58. The van der Waals surface area contributed by atoms with Gasteiger partial charge in [0.15, 0.2) is 0 Å². The van der Waals surface area contributed by atoms with E-state index in [9.17, 15) is 9.67 Å². The fourth-order valence-electron chi connectivity index (χ4n) is 7.96. The highest BCUT2D eigenvalue weighted by Gasteiger charge is 2.39. The van der Waals surface area contributed by atoms with Crippen molar-refractivity contribution < 1.29 is 41.4 Å². The number of phosphoric ester groups is 2. The van der Waals surface area contributed by atoms with Gasteiger partial charge >= 0.3 is 15.6 Å². The highest BCUT2D eigenvalue weighted by atomic mass is 31.2. The van der Waals surface area contributed by atoms with Crippen molar-refractivity contribution in [2.45, 2.75) is 151 Å². The molecule has 9 nitrogen and oxygen atoms in total. The number of rotatable bonds is 8. The molecule has 0 fully saturated rings. The van der Waals surface area contributed by atoms with E-state index in [2.05, 4.69) is 132 Å². The Morgan fingerprint density at radius 1 is 0.525 bits per heavy atom. The molecule has 0 aromatic heterocycles. The summed E-state index contributed by atoms with van der Waals surface area (Å²) in [6, 6.07) is 16.8. The van der Waals surface area contributed by atoms with Gasteiger partial charge in [-0.2, -0.15) is 0 Å². The first-order chi connectivity index (χ1) is 28.2. The lowest BCUT2D eigenvalue weighted by atomic mass is 9.79. The Morgan fingerprint density at radius 2 is 0.820 bits per heavy atom. The Balaban J connectivity index is 1.83. The van der Waals surface area contributed by atoms with E-state index in [1.165, 1.54) is 0 Å². The Morgan fingerprint density at radius 3 is 1.15 bits per heavy atom. The van der Waals surface area contributed by atoms with Gasteiger partial charge in [-0.15, -0.1) is 0 Å². The summed E-state index contributed by atoms with van der Waals surface area (Å²) in [6.07, 6.45) is 1.15. The van der Waals surface area contributed by atoms with Gasteiger partial charge in [0.25, 0.3) is 0 Å². The van der Waals surface area contributed by atoms with Crippen molar-refractivity contribution in [2.24, 2.45) is 0 Å². The van der Waals surface area contributed by atoms with Crippen LogP contribution >= 0.6 is 15.6 Å². The first-order valence-corrected chi connectivity index (χ1v) is 24.7. The third-order valence-corrected chi connectivity index (χ3v) is 14.4. The minimum absolute atomic E-state index is 0.0731. The highest BCUT2D eigenvalue weighted by Crippen LogP contribution is 2.57. The smallest absolute Gasteiger partial charge is 0.507 e. The molecule has 2 heterocycles. The maximum Gasteiger partial charge on any atom is 0.587 e. The second-order valence-electron chi connectivity index (χ2n) is 20.6. The lowest BCUT2D eigenvalue weighted by molar-refractivity contribution is 0.167. The van der Waals surface area contributed by atoms with E-state index < -0.39 is 15.6 Å². The van der Waals surface area contributed by atoms with Gasteiger partial charge in [0, 0.05) is 25.7 Å². The molecule has 4 aromatic carbocycles. The molecular weight excluding hydrogens is 806 g/mol. The minimum Gasteiger partial charge on any atom is -0.507 e. The van der Waals surface area contributed by atoms with Crippen LogP contribution in [-0.2, 0) is 70.0 Å². The van der Waals surface area contributed by atoms with Gasteiger partial charge in [0.05, 0.1) is 19.8 Å². The Bertz CT molecular complexity index is 2390. The standard InChI is InChI=1S/C50H68O9P2/c1-16-54-60(52,55-17-2)57-44-33-19-31-23-39(47(4,5)6)24-32(43(31)51)20-34-26-41(49(10,11)12)28-36-22-38-30-42(50(13,14)15)29-37(21-35(44)27-40(25-33)48(7,8)9)46(38)59-61(53,56-18-3)58-45(34)36/h23-30,51H,16-22H2,1-15H3. The molecular formula is C50H68O9P2. The first-order valence-electron chi connectivity index (χ1n) is 21.7. The lowest BCUT2D eigenvalue weighted by Gasteiger charge is -2.31. The molecule has 7 rings (SSSR count). The van der Waals surface area contributed by atoms with Crippen molar-refractivity contribution in [1.29, 1.82) is 0 Å². The molecule has 0 saturated heterocycles. The van der Waals surface area contributed by atoms with E-state index in [-0.39, 0.29) is 66.5 Å². The number of phenols is 1. The number of phenolic OH excluding ortho intramolecular Hbond substituents is 1. The van der Waals surface area contributed by atoms with Crippen LogP contribution in [0.3, 0.4) is 0 Å². The number of fused-ring (bicyclic) bond motifs is 2. The van der Waals surface area contributed by atoms with Crippen molar-refractivity contribution in [3.8, 4) is 23.0 Å². The number of aromatic hydroxyl groups is 1. The number of hydrogen-bond donors (Lipinski definition) is 1. The Labute approximate surface area is 365 Å². The predicted molar refractivity (Wildman–Crippen MR) is 245 cm³/mol. The quantitative estimate of drug-likeness (QED) is 0.152. The van der Waals surface area contributed by atoms with E-state index in [0.29, 0.717) is 45.9 Å². The van der Waals surface area contributed by atoms with Gasteiger partial charge in [-0.3, -0.25) is 13.6 Å². The molecule has 0 spiro atoms. The van der Waals surface area contributed by atoms with Gasteiger partial charge in [-0.1, -0.05) is 132 Å². The van der Waals surface area contributed by atoms with Crippen LogP contribution in [0.2, 0.25) is 0 Å². The van der Waals surface area contributed by atoms with Gasteiger partial charge in [0.2, 0.25) is 0 Å². The summed E-state index contributed by atoms with van der Waals surface area (Å²) in [5.41, 5.74) is 8.97. The van der Waals surface area contributed by atoms with Crippen molar-refractivity contribution in [3.05, 3.63) is 115 Å². The molecule has 2 aliphatic heterocycles. The molecule has 1 unspecified atom stereocenters. The maximum absolute atomic E-state index is 15.2. The molecule has 61 heavy (non-hydrogen) atoms. The van der Waals surface area contributed by atoms with Gasteiger partial charge in [-0.05, 0) is 109 Å². The highest BCUT2D eigenvalue weighted by molar-refractivity contribution is 7.49. The summed E-state index contributed by atoms with van der Waals surface area (Å²) in [6.45, 7) is 31.5. The van der Waals surface area contributed by atoms with E-state index >= 15 is 4.57 Å². The predicted octanol–water partition coefficient (Wildman–Crippen LogP) is 13.7. The van der Waals surface area contributed by atoms with Crippen LogP contribution in [0.5, 0.6) is 23.0 Å². The summed E-state index contributed by atoms with van der Waals surface area (Å²) < 4.78 is 67.1. The van der Waals surface area contributed by atoms with Crippen LogP contribution in [0, 0.1) is 0 Å². The summed E-state index contributed by atoms with van der Waals surface area (Å²) in [7, 11) is -8.50. The molecule has 11 heteroatoms. The summed E-state index contributed by atoms with van der Waals surface area (Å²) in [5, 5.41) is 12.5. The molecule has 10 bridgehead atoms. The van der Waals surface area contributed by atoms with Crippen molar-refractivity contribution in [1.82, 2.24) is 0 Å². The van der Waals surface area contributed by atoms with Gasteiger partial charge < -0.3 is 18.7 Å². The zero-order chi connectivity index (χ0) is 45.1. The van der Waals surface area contributed by atoms with E-state index in [1.807, 2.05) is 0 Å². The van der Waals surface area contributed by atoms with Crippen molar-refractivity contribution >= 4 is 15.6 Å². The molecule has 332 valence electrons. The second kappa shape index (κ2) is 16.8. The van der Waals surface area contributed by atoms with E-state index in [0.717, 1.165) is 44.5 Å². The largest absolute Gasteiger partial charge is 0.587 e. The van der Waals surface area contributed by atoms with Crippen LogP contribution in [0.15, 0.2) is 48.5 Å². The molecule has 0 saturated carbocycles. The SMILES string of the molecule is CCOP(=O)(OCC)Oc1c2cc(C(C)(C)C)cc1Cc1cc(C(C)(C)C)cc3c1OP(=O)(OCC)Oc1c(cc(C(C)(C)C)cc1C3)Cc1cc(C(C)(C)C)cc(c1O)C2. The van der Waals surface area contributed by atoms with Crippen LogP contribution in [0.1, 0.15) is 171 Å². The summed E-state index contributed by atoms with van der Waals surface area (Å²) in [4.78, 5) is 0. The molecule has 0 amide bonds. The van der Waals surface area contributed by atoms with E-state index in [1.54, 1.807) is 20.8 Å². The second-order valence-corrected chi connectivity index (χ2v) is 23.8. The Kier molecular flexibility index (Phi) is 13.0. The van der Waals surface area contributed by atoms with E-state index in [4.69, 9.17) is 27.1 Å². The van der Waals surface area contributed by atoms with Crippen molar-refractivity contribution in [3.63, 3.8) is 0 Å². The fourth-order valence-corrected chi connectivity index (χ4v) is 10.6. The molecule has 0 radical (unpaired) electrons. The molecule has 1 aliphatic carbocycles. The number of benzene rings is 4.